The van der Waals surface area contributed by atoms with E-state index in [4.69, 9.17) is 9.26 Å². The predicted octanol–water partition coefficient (Wildman–Crippen LogP) is 3.53. The van der Waals surface area contributed by atoms with E-state index in [1.165, 1.54) is 0 Å². The number of benzene rings is 1. The highest BCUT2D eigenvalue weighted by Gasteiger charge is 2.27. The summed E-state index contributed by atoms with van der Waals surface area (Å²) >= 11 is 1.95. The van der Waals surface area contributed by atoms with E-state index in [0.29, 0.717) is 19.0 Å². The molecule has 0 aliphatic carbocycles. The molecule has 0 bridgehead atoms. The minimum absolute atomic E-state index is 0.0171. The molecule has 0 saturated carbocycles. The zero-order chi connectivity index (χ0) is 19.9. The van der Waals surface area contributed by atoms with Gasteiger partial charge in [-0.2, -0.15) is 11.8 Å². The van der Waals surface area contributed by atoms with Crippen LogP contribution in [-0.2, 0) is 16.1 Å². The van der Waals surface area contributed by atoms with Gasteiger partial charge in [0.15, 0.2) is 0 Å². The normalized spacial score (nSPS) is 14.5. The Kier molecular flexibility index (Phi) is 7.39. The van der Waals surface area contributed by atoms with Gasteiger partial charge in [-0.1, -0.05) is 49.3 Å². The summed E-state index contributed by atoms with van der Waals surface area (Å²) < 4.78 is 10.9. The molecule has 3 rings (SSSR count). The van der Waals surface area contributed by atoms with Crippen molar-refractivity contribution in [3.8, 4) is 11.3 Å². The molecule has 1 fully saturated rings. The van der Waals surface area contributed by atoms with Crippen LogP contribution < -0.4 is 4.90 Å². The average Bonchev–Trinajstić information content (AvgIpc) is 3.12. The van der Waals surface area contributed by atoms with E-state index in [1.807, 2.05) is 47.0 Å². The van der Waals surface area contributed by atoms with Crippen molar-refractivity contribution in [3.63, 3.8) is 0 Å². The quantitative estimate of drug-likeness (QED) is 0.672. The van der Waals surface area contributed by atoms with Crippen molar-refractivity contribution in [1.29, 1.82) is 0 Å². The Morgan fingerprint density at radius 1 is 1.29 bits per heavy atom. The summed E-state index contributed by atoms with van der Waals surface area (Å²) in [6.07, 6.45) is 0. The zero-order valence-corrected chi connectivity index (χ0v) is 17.7. The third-order valence-electron chi connectivity index (χ3n) is 4.67. The first-order chi connectivity index (χ1) is 13.6. The van der Waals surface area contributed by atoms with Crippen LogP contribution in [0.1, 0.15) is 19.4 Å². The number of ether oxygens (including phenoxy) is 1. The van der Waals surface area contributed by atoms with Crippen LogP contribution in [0.25, 0.3) is 11.3 Å². The van der Waals surface area contributed by atoms with Gasteiger partial charge in [-0.05, 0) is 5.92 Å². The Morgan fingerprint density at radius 3 is 2.64 bits per heavy atom. The number of carbonyl (C=O) groups excluding carboxylic acids is 1. The van der Waals surface area contributed by atoms with Crippen LogP contribution in [0.3, 0.4) is 0 Å². The first-order valence-electron chi connectivity index (χ1n) is 9.73. The number of anilines is 1. The Bertz CT molecular complexity index is 758. The number of rotatable bonds is 8. The summed E-state index contributed by atoms with van der Waals surface area (Å²) in [5.74, 6) is 3.27. The van der Waals surface area contributed by atoms with Crippen LogP contribution in [0.5, 0.6) is 0 Å². The molecule has 0 unspecified atom stereocenters. The summed E-state index contributed by atoms with van der Waals surface area (Å²) in [6.45, 7) is 7.29. The summed E-state index contributed by atoms with van der Waals surface area (Å²) in [7, 11) is 1.55. The van der Waals surface area contributed by atoms with Crippen LogP contribution in [0.2, 0.25) is 0 Å². The fourth-order valence-corrected chi connectivity index (χ4v) is 4.28. The molecule has 0 atom stereocenters. The number of thioether (sulfide) groups is 1. The van der Waals surface area contributed by atoms with Crippen LogP contribution in [0.4, 0.5) is 5.88 Å². The fraction of sp³-hybridized carbons (Fsp3) is 0.524. The van der Waals surface area contributed by atoms with Crippen molar-refractivity contribution in [3.05, 3.63) is 35.9 Å². The Balaban J connectivity index is 1.97. The molecule has 6 nitrogen and oxygen atoms in total. The molecule has 1 saturated heterocycles. The number of hydrogen-bond donors (Lipinski definition) is 0. The number of carbonyl (C=O) groups is 1. The molecule has 0 N–H and O–H groups in total. The lowest BCUT2D eigenvalue weighted by Crippen LogP contribution is -2.37. The van der Waals surface area contributed by atoms with Gasteiger partial charge in [0.05, 0.1) is 12.1 Å². The second kappa shape index (κ2) is 9.98. The fourth-order valence-electron chi connectivity index (χ4n) is 3.38. The molecule has 2 heterocycles. The minimum atomic E-state index is -0.0171. The van der Waals surface area contributed by atoms with E-state index in [-0.39, 0.29) is 12.5 Å². The molecule has 28 heavy (non-hydrogen) atoms. The first-order valence-corrected chi connectivity index (χ1v) is 10.9. The van der Waals surface area contributed by atoms with Gasteiger partial charge in [-0.3, -0.25) is 4.79 Å². The molecule has 2 aromatic rings. The maximum Gasteiger partial charge on any atom is 0.248 e. The smallest absolute Gasteiger partial charge is 0.248 e. The number of amides is 1. The summed E-state index contributed by atoms with van der Waals surface area (Å²) in [5.41, 5.74) is 2.79. The summed E-state index contributed by atoms with van der Waals surface area (Å²) in [6, 6.07) is 10.0. The van der Waals surface area contributed by atoms with Crippen LogP contribution >= 0.6 is 11.8 Å². The van der Waals surface area contributed by atoms with Crippen LogP contribution in [0, 0.1) is 5.92 Å². The predicted molar refractivity (Wildman–Crippen MR) is 114 cm³/mol. The summed E-state index contributed by atoms with van der Waals surface area (Å²) in [5, 5.41) is 4.41. The Labute approximate surface area is 171 Å². The molecule has 152 valence electrons. The minimum Gasteiger partial charge on any atom is -0.375 e. The third-order valence-corrected chi connectivity index (χ3v) is 5.61. The lowest BCUT2D eigenvalue weighted by Gasteiger charge is -2.28. The van der Waals surface area contributed by atoms with Gasteiger partial charge in [-0.15, -0.1) is 0 Å². The second-order valence-corrected chi connectivity index (χ2v) is 8.61. The van der Waals surface area contributed by atoms with E-state index < -0.39 is 0 Å². The van der Waals surface area contributed by atoms with Gasteiger partial charge >= 0.3 is 0 Å². The standard InChI is InChI=1S/C21H29N3O3S/c1-16(2)13-24(19(25)15-26-3)14-18-20(17-7-5-4-6-8-17)22-27-21(18)23-9-11-28-12-10-23/h4-8,16H,9-15H2,1-3H3. The van der Waals surface area contributed by atoms with Crippen LogP contribution in [-0.4, -0.2) is 60.8 Å². The van der Waals surface area contributed by atoms with E-state index >= 15 is 0 Å². The molecule has 0 spiro atoms. The molecule has 1 aromatic heterocycles. The van der Waals surface area contributed by atoms with Gasteiger partial charge < -0.3 is 19.1 Å². The van der Waals surface area contributed by atoms with Crippen LogP contribution in [0.15, 0.2) is 34.9 Å². The van der Waals surface area contributed by atoms with Crippen molar-refractivity contribution in [2.75, 3.05) is 49.8 Å². The molecule has 0 radical (unpaired) electrons. The molecular formula is C21H29N3O3S. The first kappa shape index (κ1) is 20.7. The van der Waals surface area contributed by atoms with Gasteiger partial charge in [0.2, 0.25) is 11.8 Å². The van der Waals surface area contributed by atoms with Gasteiger partial charge in [-0.25, -0.2) is 0 Å². The van der Waals surface area contributed by atoms with E-state index in [1.54, 1.807) is 7.11 Å². The van der Waals surface area contributed by atoms with Gasteiger partial charge in [0, 0.05) is 43.8 Å². The summed E-state index contributed by atoms with van der Waals surface area (Å²) in [4.78, 5) is 16.8. The Morgan fingerprint density at radius 2 is 2.00 bits per heavy atom. The van der Waals surface area contributed by atoms with Crippen molar-refractivity contribution in [1.82, 2.24) is 10.1 Å². The highest BCUT2D eigenvalue weighted by Crippen LogP contribution is 2.33. The topological polar surface area (TPSA) is 58.8 Å². The van der Waals surface area contributed by atoms with E-state index in [9.17, 15) is 4.79 Å². The highest BCUT2D eigenvalue weighted by molar-refractivity contribution is 7.99. The number of hydrogen-bond acceptors (Lipinski definition) is 6. The molecule has 1 amide bonds. The zero-order valence-electron chi connectivity index (χ0n) is 16.9. The van der Waals surface area contributed by atoms with Crippen molar-refractivity contribution < 1.29 is 14.1 Å². The van der Waals surface area contributed by atoms with Crippen molar-refractivity contribution in [2.24, 2.45) is 5.92 Å². The van der Waals surface area contributed by atoms with Gasteiger partial charge in [0.25, 0.3) is 0 Å². The molecule has 1 aromatic carbocycles. The molecular weight excluding hydrogens is 374 g/mol. The Hall–Kier alpha value is -1.99. The third kappa shape index (κ3) is 5.08. The largest absolute Gasteiger partial charge is 0.375 e. The average molecular weight is 404 g/mol. The molecule has 1 aliphatic rings. The van der Waals surface area contributed by atoms with E-state index in [0.717, 1.165) is 47.3 Å². The maximum absolute atomic E-state index is 12.7. The molecule has 1 aliphatic heterocycles. The lowest BCUT2D eigenvalue weighted by atomic mass is 10.1. The lowest BCUT2D eigenvalue weighted by molar-refractivity contribution is -0.136. The second-order valence-electron chi connectivity index (χ2n) is 7.38. The maximum atomic E-state index is 12.7. The van der Waals surface area contributed by atoms with E-state index in [2.05, 4.69) is 23.9 Å². The number of nitrogens with zero attached hydrogens (tertiary/aromatic N) is 3. The van der Waals surface area contributed by atoms with Gasteiger partial charge in [0.1, 0.15) is 12.3 Å². The number of methoxy groups -OCH3 is 1. The molecule has 7 heteroatoms. The van der Waals surface area contributed by atoms with Crippen molar-refractivity contribution in [2.45, 2.75) is 20.4 Å². The van der Waals surface area contributed by atoms with Crippen molar-refractivity contribution >= 4 is 23.6 Å². The number of aromatic nitrogens is 1. The highest BCUT2D eigenvalue weighted by atomic mass is 32.2. The monoisotopic (exact) mass is 403 g/mol. The SMILES string of the molecule is COCC(=O)N(Cc1c(-c2ccccc2)noc1N1CCSCC1)CC(C)C.